The van der Waals surface area contributed by atoms with Gasteiger partial charge in [-0.25, -0.2) is 4.98 Å². The van der Waals surface area contributed by atoms with Crippen LogP contribution in [-0.4, -0.2) is 4.98 Å². The Morgan fingerprint density at radius 2 is 1.67 bits per heavy atom. The van der Waals surface area contributed by atoms with Gasteiger partial charge in [-0.1, -0.05) is 30.3 Å². The van der Waals surface area contributed by atoms with Crippen molar-refractivity contribution in [1.29, 1.82) is 0 Å². The number of nitrogens with zero attached hydrogens (tertiary/aromatic N) is 1. The fraction of sp³-hybridized carbons (Fsp3) is 0.0500. The van der Waals surface area contributed by atoms with Crippen LogP contribution in [-0.2, 0) is 6.54 Å². The third kappa shape index (κ3) is 2.87. The summed E-state index contributed by atoms with van der Waals surface area (Å²) in [5, 5.41) is 0. The maximum absolute atomic E-state index is 5.84. The standard InChI is InChI=1S/C20H16N2O2/c21-13-14-6-8-15(9-7-14)20-22-18-12-17(10-11-19(18)24-20)23-16-4-2-1-3-5-16/h1-12H,13,21H2. The summed E-state index contributed by atoms with van der Waals surface area (Å²) in [6.07, 6.45) is 0. The van der Waals surface area contributed by atoms with E-state index in [2.05, 4.69) is 4.98 Å². The summed E-state index contributed by atoms with van der Waals surface area (Å²) in [5.41, 5.74) is 9.12. The van der Waals surface area contributed by atoms with Crippen LogP contribution in [0.5, 0.6) is 11.5 Å². The van der Waals surface area contributed by atoms with E-state index < -0.39 is 0 Å². The van der Waals surface area contributed by atoms with Crippen molar-refractivity contribution in [2.75, 3.05) is 0 Å². The van der Waals surface area contributed by atoms with Crippen LogP contribution in [0.3, 0.4) is 0 Å². The molecular weight excluding hydrogens is 300 g/mol. The smallest absolute Gasteiger partial charge is 0.227 e. The number of nitrogens with two attached hydrogens (primary N) is 1. The van der Waals surface area contributed by atoms with Crippen molar-refractivity contribution in [3.8, 4) is 23.0 Å². The highest BCUT2D eigenvalue weighted by Gasteiger charge is 2.09. The first-order chi connectivity index (χ1) is 11.8. The first-order valence-corrected chi connectivity index (χ1v) is 7.75. The summed E-state index contributed by atoms with van der Waals surface area (Å²) >= 11 is 0. The van der Waals surface area contributed by atoms with Gasteiger partial charge in [0.05, 0.1) is 0 Å². The van der Waals surface area contributed by atoms with E-state index in [9.17, 15) is 0 Å². The van der Waals surface area contributed by atoms with Crippen molar-refractivity contribution < 1.29 is 9.15 Å². The van der Waals surface area contributed by atoms with Crippen LogP contribution in [0.1, 0.15) is 5.56 Å². The van der Waals surface area contributed by atoms with E-state index in [-0.39, 0.29) is 0 Å². The van der Waals surface area contributed by atoms with Gasteiger partial charge >= 0.3 is 0 Å². The monoisotopic (exact) mass is 316 g/mol. The molecule has 0 radical (unpaired) electrons. The van der Waals surface area contributed by atoms with Crippen molar-refractivity contribution in [2.24, 2.45) is 5.73 Å². The number of rotatable bonds is 4. The predicted molar refractivity (Wildman–Crippen MR) is 93.9 cm³/mol. The van der Waals surface area contributed by atoms with Crippen LogP contribution in [0.15, 0.2) is 77.2 Å². The molecule has 0 fully saturated rings. The Morgan fingerprint density at radius 3 is 2.42 bits per heavy atom. The molecule has 4 rings (SSSR count). The molecule has 0 amide bonds. The minimum absolute atomic E-state index is 0.522. The number of benzene rings is 3. The first kappa shape index (κ1) is 14.5. The number of para-hydroxylation sites is 1. The van der Waals surface area contributed by atoms with E-state index in [0.29, 0.717) is 12.4 Å². The lowest BCUT2D eigenvalue weighted by Crippen LogP contribution is -1.95. The van der Waals surface area contributed by atoms with Gasteiger partial charge in [0, 0.05) is 18.2 Å². The van der Waals surface area contributed by atoms with E-state index in [1.807, 2.05) is 72.8 Å². The van der Waals surface area contributed by atoms with Crippen molar-refractivity contribution >= 4 is 11.1 Å². The van der Waals surface area contributed by atoms with E-state index in [4.69, 9.17) is 14.9 Å². The molecule has 0 saturated carbocycles. The Morgan fingerprint density at radius 1 is 0.875 bits per heavy atom. The Hall–Kier alpha value is -3.11. The molecule has 0 bridgehead atoms. The Kier molecular flexibility index (Phi) is 3.73. The minimum Gasteiger partial charge on any atom is -0.457 e. The molecule has 0 aliphatic heterocycles. The van der Waals surface area contributed by atoms with Crippen LogP contribution in [0, 0.1) is 0 Å². The molecule has 3 aromatic carbocycles. The molecule has 0 aliphatic rings. The molecule has 0 atom stereocenters. The normalized spacial score (nSPS) is 10.9. The van der Waals surface area contributed by atoms with Crippen LogP contribution < -0.4 is 10.5 Å². The second kappa shape index (κ2) is 6.18. The number of ether oxygens (including phenoxy) is 1. The van der Waals surface area contributed by atoms with Gasteiger partial charge in [0.1, 0.15) is 17.0 Å². The number of oxazole rings is 1. The molecule has 4 aromatic rings. The zero-order valence-electron chi connectivity index (χ0n) is 13.0. The highest BCUT2D eigenvalue weighted by atomic mass is 16.5. The summed E-state index contributed by atoms with van der Waals surface area (Å²) in [5.74, 6) is 2.11. The van der Waals surface area contributed by atoms with Crippen molar-refractivity contribution in [2.45, 2.75) is 6.54 Å². The highest BCUT2D eigenvalue weighted by molar-refractivity contribution is 5.77. The molecule has 2 N–H and O–H groups in total. The predicted octanol–water partition coefficient (Wildman–Crippen LogP) is 4.75. The first-order valence-electron chi connectivity index (χ1n) is 7.75. The zero-order chi connectivity index (χ0) is 16.4. The third-order valence-corrected chi connectivity index (χ3v) is 3.77. The number of hydrogen-bond donors (Lipinski definition) is 1. The lowest BCUT2D eigenvalue weighted by Gasteiger charge is -2.04. The van der Waals surface area contributed by atoms with Gasteiger partial charge in [-0.05, 0) is 42.0 Å². The fourth-order valence-electron chi connectivity index (χ4n) is 2.50. The Balaban J connectivity index is 1.65. The second-order valence-electron chi connectivity index (χ2n) is 5.46. The average molecular weight is 316 g/mol. The van der Waals surface area contributed by atoms with Crippen LogP contribution in [0.2, 0.25) is 0 Å². The second-order valence-corrected chi connectivity index (χ2v) is 5.46. The number of fused-ring (bicyclic) bond motifs is 1. The van der Waals surface area contributed by atoms with Gasteiger partial charge in [-0.2, -0.15) is 0 Å². The molecule has 0 aliphatic carbocycles. The topological polar surface area (TPSA) is 61.3 Å². The molecule has 0 unspecified atom stereocenters. The van der Waals surface area contributed by atoms with E-state index in [0.717, 1.165) is 33.7 Å². The van der Waals surface area contributed by atoms with Gasteiger partial charge in [0.2, 0.25) is 5.89 Å². The summed E-state index contributed by atoms with van der Waals surface area (Å²) in [7, 11) is 0. The minimum atomic E-state index is 0.522. The zero-order valence-corrected chi connectivity index (χ0v) is 13.0. The van der Waals surface area contributed by atoms with E-state index in [1.54, 1.807) is 0 Å². The fourth-order valence-corrected chi connectivity index (χ4v) is 2.50. The quantitative estimate of drug-likeness (QED) is 0.590. The largest absolute Gasteiger partial charge is 0.457 e. The maximum atomic E-state index is 5.84. The van der Waals surface area contributed by atoms with Gasteiger partial charge < -0.3 is 14.9 Å². The molecule has 4 nitrogen and oxygen atoms in total. The SMILES string of the molecule is NCc1ccc(-c2nc3cc(Oc4ccccc4)ccc3o2)cc1. The molecule has 24 heavy (non-hydrogen) atoms. The van der Waals surface area contributed by atoms with E-state index in [1.165, 1.54) is 0 Å². The Bertz CT molecular complexity index is 960. The lowest BCUT2D eigenvalue weighted by atomic mass is 10.1. The maximum Gasteiger partial charge on any atom is 0.227 e. The molecule has 4 heteroatoms. The van der Waals surface area contributed by atoms with Crippen molar-refractivity contribution in [3.05, 3.63) is 78.4 Å². The molecular formula is C20H16N2O2. The summed E-state index contributed by atoms with van der Waals surface area (Å²) in [6, 6.07) is 23.2. The van der Waals surface area contributed by atoms with Crippen molar-refractivity contribution in [1.82, 2.24) is 4.98 Å². The number of hydrogen-bond acceptors (Lipinski definition) is 4. The van der Waals surface area contributed by atoms with Crippen LogP contribution in [0.25, 0.3) is 22.6 Å². The molecule has 1 heterocycles. The van der Waals surface area contributed by atoms with Crippen LogP contribution in [0.4, 0.5) is 0 Å². The average Bonchev–Trinajstić information content (AvgIpc) is 3.06. The summed E-state index contributed by atoms with van der Waals surface area (Å²) in [4.78, 5) is 4.56. The number of aromatic nitrogens is 1. The lowest BCUT2D eigenvalue weighted by molar-refractivity contribution is 0.483. The van der Waals surface area contributed by atoms with Gasteiger partial charge in [0.25, 0.3) is 0 Å². The summed E-state index contributed by atoms with van der Waals surface area (Å²) < 4.78 is 11.7. The third-order valence-electron chi connectivity index (χ3n) is 3.77. The molecule has 118 valence electrons. The molecule has 0 saturated heterocycles. The van der Waals surface area contributed by atoms with Crippen LogP contribution >= 0.6 is 0 Å². The Labute approximate surface area is 139 Å². The van der Waals surface area contributed by atoms with Gasteiger partial charge in [0.15, 0.2) is 5.58 Å². The highest BCUT2D eigenvalue weighted by Crippen LogP contribution is 2.29. The van der Waals surface area contributed by atoms with Gasteiger partial charge in [-0.15, -0.1) is 0 Å². The van der Waals surface area contributed by atoms with Gasteiger partial charge in [-0.3, -0.25) is 0 Å². The van der Waals surface area contributed by atoms with Crippen molar-refractivity contribution in [3.63, 3.8) is 0 Å². The van der Waals surface area contributed by atoms with E-state index >= 15 is 0 Å². The molecule has 0 spiro atoms. The summed E-state index contributed by atoms with van der Waals surface area (Å²) in [6.45, 7) is 0.522. The molecule has 1 aromatic heterocycles.